The van der Waals surface area contributed by atoms with Gasteiger partial charge >= 0.3 is 0 Å². The smallest absolute Gasteiger partial charge is 0.277 e. The van der Waals surface area contributed by atoms with E-state index < -0.39 is 0 Å². The summed E-state index contributed by atoms with van der Waals surface area (Å²) in [4.78, 5) is 29.0. The summed E-state index contributed by atoms with van der Waals surface area (Å²) in [5.74, 6) is -0.170. The molecule has 0 saturated heterocycles. The molecule has 26 heavy (non-hydrogen) atoms. The van der Waals surface area contributed by atoms with Gasteiger partial charge in [0.25, 0.3) is 5.91 Å². The van der Waals surface area contributed by atoms with Crippen molar-refractivity contribution in [3.63, 3.8) is 0 Å². The molecule has 5 nitrogen and oxygen atoms in total. The van der Waals surface area contributed by atoms with E-state index in [4.69, 9.17) is 0 Å². The minimum atomic E-state index is -0.175. The van der Waals surface area contributed by atoms with Crippen molar-refractivity contribution >= 4 is 28.8 Å². The number of rotatable bonds is 5. The molecule has 0 spiro atoms. The van der Waals surface area contributed by atoms with Gasteiger partial charge in [-0.25, -0.2) is 0 Å². The van der Waals surface area contributed by atoms with E-state index in [2.05, 4.69) is 23.7 Å². The van der Waals surface area contributed by atoms with Crippen molar-refractivity contribution < 1.29 is 14.5 Å². The van der Waals surface area contributed by atoms with Gasteiger partial charge in [-0.05, 0) is 37.4 Å². The number of hydrogen-bond donors (Lipinski definition) is 2. The van der Waals surface area contributed by atoms with Crippen molar-refractivity contribution in [2.75, 3.05) is 32.0 Å². The van der Waals surface area contributed by atoms with E-state index in [1.54, 1.807) is 18.4 Å². The van der Waals surface area contributed by atoms with Crippen LogP contribution in [0.2, 0.25) is 0 Å². The average molecular weight is 373 g/mol. The number of carbonyl (C=O) groups excluding carboxylic acids is 2. The zero-order valence-electron chi connectivity index (χ0n) is 15.5. The summed E-state index contributed by atoms with van der Waals surface area (Å²) in [5.41, 5.74) is 3.26. The fraction of sp³-hybridized carbons (Fsp3) is 0.400. The Morgan fingerprint density at radius 2 is 2.00 bits per heavy atom. The summed E-state index contributed by atoms with van der Waals surface area (Å²) in [5, 5.41) is 4.97. The molecule has 0 aliphatic carbocycles. The first-order chi connectivity index (χ1) is 12.4. The molecule has 2 amide bonds. The van der Waals surface area contributed by atoms with Crippen LogP contribution in [0.15, 0.2) is 35.7 Å². The normalized spacial score (nSPS) is 18.9. The number of quaternary nitrogens is 1. The first kappa shape index (κ1) is 18.6. The number of nitrogens with one attached hydrogen (secondary N) is 2. The van der Waals surface area contributed by atoms with Crippen LogP contribution in [0.3, 0.4) is 0 Å². The lowest BCUT2D eigenvalue weighted by molar-refractivity contribution is -0.924. The van der Waals surface area contributed by atoms with Gasteiger partial charge in [0.05, 0.1) is 13.1 Å². The molecule has 2 aromatic rings. The third kappa shape index (κ3) is 4.31. The monoisotopic (exact) mass is 372 g/mol. The van der Waals surface area contributed by atoms with Gasteiger partial charge in [-0.2, -0.15) is 0 Å². The van der Waals surface area contributed by atoms with Gasteiger partial charge in [0.15, 0.2) is 6.54 Å². The molecule has 6 heteroatoms. The van der Waals surface area contributed by atoms with E-state index in [0.717, 1.165) is 24.2 Å². The molecule has 138 valence electrons. The van der Waals surface area contributed by atoms with Crippen molar-refractivity contribution in [3.05, 3.63) is 51.7 Å². The minimum absolute atomic E-state index is 0.00425. The largest absolute Gasteiger partial charge is 0.332 e. The Hall–Kier alpha value is -2.18. The number of anilines is 1. The van der Waals surface area contributed by atoms with Crippen LogP contribution in [0, 0.1) is 6.92 Å². The van der Waals surface area contributed by atoms with Gasteiger partial charge in [-0.1, -0.05) is 17.7 Å². The van der Waals surface area contributed by atoms with Gasteiger partial charge in [0, 0.05) is 29.6 Å². The first-order valence-electron chi connectivity index (χ1n) is 8.95. The SMILES string of the molecule is Cc1ccc(NC(=O)CN(C)C(=O)C[NH+]2CCc3sccc3[C@H]2C)cc1. The number of thiophene rings is 1. The first-order valence-corrected chi connectivity index (χ1v) is 9.83. The Balaban J connectivity index is 1.51. The van der Waals surface area contributed by atoms with Crippen LogP contribution in [-0.4, -0.2) is 43.4 Å². The number of likely N-dealkylation sites (N-methyl/N-ethyl adjacent to an activating group) is 1. The molecule has 0 radical (unpaired) electrons. The maximum Gasteiger partial charge on any atom is 0.277 e. The van der Waals surface area contributed by atoms with Crippen LogP contribution in [0.4, 0.5) is 5.69 Å². The molecular formula is C20H26N3O2S+. The predicted octanol–water partition coefficient (Wildman–Crippen LogP) is 1.66. The molecule has 3 rings (SSSR count). The quantitative estimate of drug-likeness (QED) is 0.839. The number of fused-ring (bicyclic) bond motifs is 1. The second-order valence-electron chi connectivity index (χ2n) is 7.02. The number of aryl methyl sites for hydroxylation is 1. The molecule has 2 heterocycles. The minimum Gasteiger partial charge on any atom is -0.332 e. The third-order valence-electron chi connectivity index (χ3n) is 5.05. The summed E-state index contributed by atoms with van der Waals surface area (Å²) in [6, 6.07) is 10.1. The van der Waals surface area contributed by atoms with Gasteiger partial charge < -0.3 is 15.1 Å². The summed E-state index contributed by atoms with van der Waals surface area (Å²) < 4.78 is 0. The van der Waals surface area contributed by atoms with Crippen LogP contribution in [-0.2, 0) is 16.0 Å². The zero-order chi connectivity index (χ0) is 18.7. The van der Waals surface area contributed by atoms with Gasteiger partial charge in [-0.15, -0.1) is 11.3 Å². The molecule has 1 aromatic carbocycles. The standard InChI is InChI=1S/C20H25N3O2S/c1-14-4-6-16(7-5-14)21-19(24)12-22(3)20(25)13-23-10-8-18-17(15(23)2)9-11-26-18/h4-7,9,11,15H,8,10,12-13H2,1-3H3,(H,21,24)/p+1/t15-/m1/s1. The maximum atomic E-state index is 12.6. The van der Waals surface area contributed by atoms with Crippen molar-refractivity contribution in [3.8, 4) is 0 Å². The van der Waals surface area contributed by atoms with Crippen LogP contribution in [0.25, 0.3) is 0 Å². The summed E-state index contributed by atoms with van der Waals surface area (Å²) in [7, 11) is 1.70. The lowest BCUT2D eigenvalue weighted by Crippen LogP contribution is -3.14. The summed E-state index contributed by atoms with van der Waals surface area (Å²) >= 11 is 1.80. The Morgan fingerprint density at radius 1 is 1.27 bits per heavy atom. The van der Waals surface area contributed by atoms with E-state index in [1.165, 1.54) is 20.2 Å². The van der Waals surface area contributed by atoms with Gasteiger partial charge in [0.1, 0.15) is 6.04 Å². The second kappa shape index (κ2) is 8.01. The fourth-order valence-electron chi connectivity index (χ4n) is 3.36. The number of carbonyl (C=O) groups is 2. The van der Waals surface area contributed by atoms with E-state index in [0.29, 0.717) is 12.6 Å². The number of amides is 2. The van der Waals surface area contributed by atoms with Crippen molar-refractivity contribution in [1.82, 2.24) is 4.90 Å². The molecule has 0 saturated carbocycles. The van der Waals surface area contributed by atoms with Crippen molar-refractivity contribution in [2.24, 2.45) is 0 Å². The van der Waals surface area contributed by atoms with Gasteiger partial charge in [0.2, 0.25) is 5.91 Å². The molecule has 2 atom stereocenters. The highest BCUT2D eigenvalue weighted by atomic mass is 32.1. The topological polar surface area (TPSA) is 53.9 Å². The van der Waals surface area contributed by atoms with Crippen LogP contribution < -0.4 is 10.2 Å². The van der Waals surface area contributed by atoms with E-state index >= 15 is 0 Å². The number of nitrogens with zero attached hydrogens (tertiary/aromatic N) is 1. The van der Waals surface area contributed by atoms with E-state index in [1.807, 2.05) is 31.2 Å². The molecule has 1 aromatic heterocycles. The Kier molecular flexibility index (Phi) is 5.74. The third-order valence-corrected chi connectivity index (χ3v) is 6.05. The summed E-state index contributed by atoms with van der Waals surface area (Å²) in [6.07, 6.45) is 1.03. The highest BCUT2D eigenvalue weighted by Crippen LogP contribution is 2.24. The lowest BCUT2D eigenvalue weighted by Gasteiger charge is -2.31. The summed E-state index contributed by atoms with van der Waals surface area (Å²) in [6.45, 7) is 5.63. The van der Waals surface area contributed by atoms with Crippen molar-refractivity contribution in [1.29, 1.82) is 0 Å². The molecule has 0 bridgehead atoms. The molecule has 1 aliphatic heterocycles. The maximum absolute atomic E-state index is 12.6. The Bertz CT molecular complexity index is 785. The van der Waals surface area contributed by atoms with Gasteiger partial charge in [-0.3, -0.25) is 9.59 Å². The molecule has 1 unspecified atom stereocenters. The Labute approximate surface area is 158 Å². The highest BCUT2D eigenvalue weighted by molar-refractivity contribution is 7.10. The molecule has 0 fully saturated rings. The molecular weight excluding hydrogens is 346 g/mol. The van der Waals surface area contributed by atoms with E-state index in [-0.39, 0.29) is 18.4 Å². The highest BCUT2D eigenvalue weighted by Gasteiger charge is 2.30. The second-order valence-corrected chi connectivity index (χ2v) is 8.02. The number of benzene rings is 1. The number of hydrogen-bond acceptors (Lipinski definition) is 3. The van der Waals surface area contributed by atoms with Crippen LogP contribution in [0.1, 0.15) is 29.0 Å². The predicted molar refractivity (Wildman–Crippen MR) is 105 cm³/mol. The lowest BCUT2D eigenvalue weighted by atomic mass is 10.0. The average Bonchev–Trinajstić information content (AvgIpc) is 3.08. The fourth-order valence-corrected chi connectivity index (χ4v) is 4.34. The Morgan fingerprint density at radius 3 is 2.73 bits per heavy atom. The van der Waals surface area contributed by atoms with Crippen molar-refractivity contribution in [2.45, 2.75) is 26.3 Å². The molecule has 1 aliphatic rings. The van der Waals surface area contributed by atoms with Crippen LogP contribution in [0.5, 0.6) is 0 Å². The zero-order valence-corrected chi connectivity index (χ0v) is 16.4. The molecule has 2 N–H and O–H groups in total. The van der Waals surface area contributed by atoms with Crippen LogP contribution >= 0.6 is 11.3 Å². The van der Waals surface area contributed by atoms with E-state index in [9.17, 15) is 9.59 Å².